The zero-order chi connectivity index (χ0) is 9.68. The van der Waals surface area contributed by atoms with Crippen molar-refractivity contribution in [3.63, 3.8) is 0 Å². The molecule has 1 heterocycles. The Morgan fingerprint density at radius 3 is 2.08 bits per heavy atom. The van der Waals surface area contributed by atoms with Crippen LogP contribution in [0.4, 0.5) is 4.79 Å². The van der Waals surface area contributed by atoms with E-state index < -0.39 is 0 Å². The molecule has 0 bridgehead atoms. The first kappa shape index (κ1) is 10.3. The lowest BCUT2D eigenvalue weighted by molar-refractivity contribution is 0.0327. The molecule has 1 fully saturated rings. The smallest absolute Gasteiger partial charge is 0.329 e. The summed E-state index contributed by atoms with van der Waals surface area (Å²) in [6.07, 6.45) is 6.19. The van der Waals surface area contributed by atoms with Crippen molar-refractivity contribution in [2.75, 3.05) is 20.1 Å². The molecule has 1 aliphatic heterocycles. The van der Waals surface area contributed by atoms with Gasteiger partial charge in [-0.05, 0) is 12.8 Å². The number of rotatable bonds is 1. The maximum Gasteiger partial charge on any atom is 0.329 e. The van der Waals surface area contributed by atoms with E-state index in [2.05, 4.69) is 0 Å². The fourth-order valence-electron chi connectivity index (χ4n) is 1.67. The van der Waals surface area contributed by atoms with Gasteiger partial charge in [-0.15, -0.1) is 0 Å². The fraction of sp³-hybridized carbons (Fsp3) is 0.889. The van der Waals surface area contributed by atoms with Gasteiger partial charge in [0.2, 0.25) is 0 Å². The van der Waals surface area contributed by atoms with Crippen LogP contribution in [0.15, 0.2) is 0 Å². The van der Waals surface area contributed by atoms with Gasteiger partial charge in [0.25, 0.3) is 0 Å². The van der Waals surface area contributed by atoms with Gasteiger partial charge < -0.3 is 5.73 Å². The van der Waals surface area contributed by atoms with Crippen molar-refractivity contribution in [1.29, 1.82) is 0 Å². The molecule has 0 aromatic carbocycles. The number of hydrogen-bond acceptors (Lipinski definition) is 2. The molecular weight excluding hydrogens is 166 g/mol. The second kappa shape index (κ2) is 5.07. The SMILES string of the molecule is CN(C(N)=O)N1CCCCCCC1. The van der Waals surface area contributed by atoms with Crippen molar-refractivity contribution in [2.45, 2.75) is 32.1 Å². The molecular formula is C9H19N3O. The van der Waals surface area contributed by atoms with E-state index in [9.17, 15) is 4.79 Å². The van der Waals surface area contributed by atoms with Crippen LogP contribution in [-0.2, 0) is 0 Å². The van der Waals surface area contributed by atoms with E-state index in [-0.39, 0.29) is 6.03 Å². The third-order valence-corrected chi connectivity index (χ3v) is 2.58. The van der Waals surface area contributed by atoms with Gasteiger partial charge in [0, 0.05) is 20.1 Å². The minimum Gasteiger partial charge on any atom is -0.350 e. The van der Waals surface area contributed by atoms with E-state index in [1.165, 1.54) is 24.3 Å². The Balaban J connectivity index is 2.40. The molecule has 13 heavy (non-hydrogen) atoms. The van der Waals surface area contributed by atoms with Gasteiger partial charge in [0.15, 0.2) is 0 Å². The van der Waals surface area contributed by atoms with Gasteiger partial charge in [-0.25, -0.2) is 9.80 Å². The van der Waals surface area contributed by atoms with Crippen LogP contribution in [0.3, 0.4) is 0 Å². The molecule has 2 N–H and O–H groups in total. The van der Waals surface area contributed by atoms with Crippen molar-refractivity contribution in [3.8, 4) is 0 Å². The average molecular weight is 185 g/mol. The second-order valence-corrected chi connectivity index (χ2v) is 3.58. The number of amides is 2. The molecule has 4 nitrogen and oxygen atoms in total. The summed E-state index contributed by atoms with van der Waals surface area (Å²) in [6.45, 7) is 1.92. The molecule has 0 aromatic rings. The minimum atomic E-state index is -0.361. The molecule has 0 radical (unpaired) electrons. The van der Waals surface area contributed by atoms with E-state index in [0.29, 0.717) is 0 Å². The Morgan fingerprint density at radius 2 is 1.62 bits per heavy atom. The Kier molecular flexibility index (Phi) is 4.02. The fourth-order valence-corrected chi connectivity index (χ4v) is 1.67. The lowest BCUT2D eigenvalue weighted by atomic mass is 10.1. The molecule has 76 valence electrons. The summed E-state index contributed by atoms with van der Waals surface area (Å²) in [7, 11) is 1.74. The number of nitrogens with two attached hydrogens (primary N) is 1. The summed E-state index contributed by atoms with van der Waals surface area (Å²) in [5.74, 6) is 0. The van der Waals surface area contributed by atoms with Gasteiger partial charge in [0.1, 0.15) is 0 Å². The summed E-state index contributed by atoms with van der Waals surface area (Å²) in [4.78, 5) is 10.9. The normalized spacial score (nSPS) is 20.4. The molecule has 1 aliphatic rings. The Morgan fingerprint density at radius 1 is 1.15 bits per heavy atom. The highest BCUT2D eigenvalue weighted by atomic mass is 16.2. The first-order chi connectivity index (χ1) is 6.22. The molecule has 1 saturated heterocycles. The molecule has 0 atom stereocenters. The molecule has 0 aliphatic carbocycles. The Hall–Kier alpha value is -0.770. The lowest BCUT2D eigenvalue weighted by Crippen LogP contribution is -2.47. The predicted molar refractivity (Wildman–Crippen MR) is 52.0 cm³/mol. The standard InChI is InChI=1S/C9H19N3O/c1-11(9(10)13)12-7-5-3-2-4-6-8-12/h2-8H2,1H3,(H2,10,13). The molecule has 2 amide bonds. The summed E-state index contributed by atoms with van der Waals surface area (Å²) >= 11 is 0. The maximum atomic E-state index is 10.9. The first-order valence-electron chi connectivity index (χ1n) is 5.00. The van der Waals surface area contributed by atoms with E-state index in [4.69, 9.17) is 5.73 Å². The van der Waals surface area contributed by atoms with E-state index >= 15 is 0 Å². The molecule has 0 saturated carbocycles. The quantitative estimate of drug-likeness (QED) is 0.667. The van der Waals surface area contributed by atoms with Gasteiger partial charge in [0.05, 0.1) is 0 Å². The third-order valence-electron chi connectivity index (χ3n) is 2.58. The number of hydrogen-bond donors (Lipinski definition) is 1. The van der Waals surface area contributed by atoms with Crippen LogP contribution in [0.1, 0.15) is 32.1 Å². The lowest BCUT2D eigenvalue weighted by Gasteiger charge is -2.31. The van der Waals surface area contributed by atoms with Crippen LogP contribution in [0, 0.1) is 0 Å². The number of carbonyl (C=O) groups is 1. The van der Waals surface area contributed by atoms with E-state index in [0.717, 1.165) is 25.9 Å². The van der Waals surface area contributed by atoms with Crippen LogP contribution in [0.25, 0.3) is 0 Å². The van der Waals surface area contributed by atoms with Gasteiger partial charge >= 0.3 is 6.03 Å². The van der Waals surface area contributed by atoms with Crippen LogP contribution in [0.5, 0.6) is 0 Å². The molecule has 0 aromatic heterocycles. The van der Waals surface area contributed by atoms with Crippen LogP contribution >= 0.6 is 0 Å². The van der Waals surface area contributed by atoms with Crippen molar-refractivity contribution in [2.24, 2.45) is 5.73 Å². The predicted octanol–water partition coefficient (Wildman–Crippen LogP) is 1.18. The highest BCUT2D eigenvalue weighted by Gasteiger charge is 2.14. The van der Waals surface area contributed by atoms with Crippen molar-refractivity contribution >= 4 is 6.03 Å². The number of carbonyl (C=O) groups excluding carboxylic acids is 1. The monoisotopic (exact) mass is 185 g/mol. The number of primary amides is 1. The topological polar surface area (TPSA) is 49.6 Å². The van der Waals surface area contributed by atoms with Gasteiger partial charge in [-0.3, -0.25) is 5.01 Å². The Labute approximate surface area is 79.6 Å². The molecule has 0 unspecified atom stereocenters. The van der Waals surface area contributed by atoms with Crippen molar-refractivity contribution < 1.29 is 4.79 Å². The van der Waals surface area contributed by atoms with Crippen LogP contribution in [-0.4, -0.2) is 36.2 Å². The third kappa shape index (κ3) is 3.22. The van der Waals surface area contributed by atoms with Gasteiger partial charge in [-0.1, -0.05) is 19.3 Å². The van der Waals surface area contributed by atoms with Crippen LogP contribution < -0.4 is 5.73 Å². The first-order valence-corrected chi connectivity index (χ1v) is 5.00. The summed E-state index contributed by atoms with van der Waals surface area (Å²) in [5, 5.41) is 3.58. The van der Waals surface area contributed by atoms with Gasteiger partial charge in [-0.2, -0.15) is 0 Å². The largest absolute Gasteiger partial charge is 0.350 e. The number of nitrogens with zero attached hydrogens (tertiary/aromatic N) is 2. The molecule has 0 spiro atoms. The second-order valence-electron chi connectivity index (χ2n) is 3.58. The highest BCUT2D eigenvalue weighted by molar-refractivity contribution is 5.71. The van der Waals surface area contributed by atoms with E-state index in [1.807, 2.05) is 5.01 Å². The summed E-state index contributed by atoms with van der Waals surface area (Å²) in [6, 6.07) is -0.361. The number of hydrazine groups is 1. The molecule has 1 rings (SSSR count). The van der Waals surface area contributed by atoms with Crippen LogP contribution in [0.2, 0.25) is 0 Å². The summed E-state index contributed by atoms with van der Waals surface area (Å²) < 4.78 is 0. The van der Waals surface area contributed by atoms with Crippen molar-refractivity contribution in [3.05, 3.63) is 0 Å². The zero-order valence-corrected chi connectivity index (χ0v) is 8.33. The van der Waals surface area contributed by atoms with Crippen molar-refractivity contribution in [1.82, 2.24) is 10.0 Å². The average Bonchev–Trinajstić information content (AvgIpc) is 2.02. The minimum absolute atomic E-state index is 0.361. The maximum absolute atomic E-state index is 10.9. The summed E-state index contributed by atoms with van der Waals surface area (Å²) in [5.41, 5.74) is 5.20. The zero-order valence-electron chi connectivity index (χ0n) is 8.33. The Bertz CT molecular complexity index is 164. The highest BCUT2D eigenvalue weighted by Crippen LogP contribution is 2.11. The number of urea groups is 1. The molecule has 4 heteroatoms. The van der Waals surface area contributed by atoms with E-state index in [1.54, 1.807) is 7.05 Å².